The molecule has 1 heterocycles. The first-order valence-electron chi connectivity index (χ1n) is 5.36. The third kappa shape index (κ3) is 2.82. The zero-order valence-corrected chi connectivity index (χ0v) is 9.73. The Balaban J connectivity index is 2.15. The molecule has 98 valence electrons. The van der Waals surface area contributed by atoms with Crippen LogP contribution >= 0.6 is 0 Å². The number of amides is 1. The summed E-state index contributed by atoms with van der Waals surface area (Å²) in [5.74, 6) is -2.92. The van der Waals surface area contributed by atoms with Crippen LogP contribution in [0.4, 0.5) is 14.5 Å². The van der Waals surface area contributed by atoms with Crippen molar-refractivity contribution in [3.63, 3.8) is 0 Å². The molecule has 0 saturated heterocycles. The molecule has 0 bridgehead atoms. The fourth-order valence-corrected chi connectivity index (χ4v) is 1.46. The Kier molecular flexibility index (Phi) is 3.65. The van der Waals surface area contributed by atoms with Crippen LogP contribution in [0.2, 0.25) is 0 Å². The van der Waals surface area contributed by atoms with E-state index in [0.29, 0.717) is 5.69 Å². The van der Waals surface area contributed by atoms with Crippen molar-refractivity contribution in [1.82, 2.24) is 15.3 Å². The summed E-state index contributed by atoms with van der Waals surface area (Å²) >= 11 is 0. The van der Waals surface area contributed by atoms with Gasteiger partial charge in [-0.15, -0.1) is 0 Å². The quantitative estimate of drug-likeness (QED) is 0.818. The minimum Gasteiger partial charge on any atom is -0.396 e. The average molecular weight is 264 g/mol. The van der Waals surface area contributed by atoms with E-state index in [0.717, 1.165) is 12.1 Å². The van der Waals surface area contributed by atoms with E-state index in [2.05, 4.69) is 15.3 Å². The number of benzene rings is 1. The van der Waals surface area contributed by atoms with Crippen LogP contribution in [-0.2, 0) is 6.54 Å². The topological polar surface area (TPSA) is 80.9 Å². The van der Waals surface area contributed by atoms with Crippen LogP contribution in [0, 0.1) is 11.6 Å². The molecule has 1 aromatic heterocycles. The molecule has 7 heteroatoms. The predicted octanol–water partition coefficient (Wildman–Crippen LogP) is 1.27. The second-order valence-corrected chi connectivity index (χ2v) is 3.71. The molecule has 0 spiro atoms. The van der Waals surface area contributed by atoms with Crippen molar-refractivity contribution >= 4 is 11.6 Å². The molecular formula is C12H10F2N4O. The van der Waals surface area contributed by atoms with Gasteiger partial charge >= 0.3 is 0 Å². The van der Waals surface area contributed by atoms with E-state index in [4.69, 9.17) is 5.73 Å². The zero-order valence-electron chi connectivity index (χ0n) is 9.73. The van der Waals surface area contributed by atoms with Gasteiger partial charge in [0.1, 0.15) is 17.7 Å². The van der Waals surface area contributed by atoms with E-state index in [1.54, 1.807) is 6.07 Å². The maximum atomic E-state index is 13.6. The largest absolute Gasteiger partial charge is 0.396 e. The van der Waals surface area contributed by atoms with E-state index >= 15 is 0 Å². The van der Waals surface area contributed by atoms with Gasteiger partial charge in [0.15, 0.2) is 5.82 Å². The van der Waals surface area contributed by atoms with Crippen LogP contribution in [0.5, 0.6) is 0 Å². The number of nitrogens with one attached hydrogen (secondary N) is 1. The minimum absolute atomic E-state index is 0.0367. The van der Waals surface area contributed by atoms with Gasteiger partial charge in [-0.25, -0.2) is 18.7 Å². The number of nitrogens with two attached hydrogens (primary N) is 1. The molecule has 0 aliphatic carbocycles. The number of hydrogen-bond acceptors (Lipinski definition) is 4. The Hall–Kier alpha value is -2.57. The molecule has 0 unspecified atom stereocenters. The summed E-state index contributed by atoms with van der Waals surface area (Å²) in [6.07, 6.45) is 2.80. The number of carbonyl (C=O) groups is 1. The van der Waals surface area contributed by atoms with Crippen LogP contribution in [0.25, 0.3) is 0 Å². The summed E-state index contributed by atoms with van der Waals surface area (Å²) in [6.45, 7) is 0.0367. The van der Waals surface area contributed by atoms with E-state index in [1.165, 1.54) is 12.5 Å². The van der Waals surface area contributed by atoms with E-state index in [9.17, 15) is 13.6 Å². The normalized spacial score (nSPS) is 10.2. The van der Waals surface area contributed by atoms with Crippen LogP contribution in [0.15, 0.2) is 30.7 Å². The Morgan fingerprint density at radius 1 is 1.32 bits per heavy atom. The van der Waals surface area contributed by atoms with E-state index in [-0.39, 0.29) is 12.2 Å². The van der Waals surface area contributed by atoms with Crippen molar-refractivity contribution in [1.29, 1.82) is 0 Å². The second kappa shape index (κ2) is 5.38. The maximum absolute atomic E-state index is 13.6. The number of anilines is 1. The summed E-state index contributed by atoms with van der Waals surface area (Å²) in [7, 11) is 0. The summed E-state index contributed by atoms with van der Waals surface area (Å²) < 4.78 is 27.0. The highest BCUT2D eigenvalue weighted by atomic mass is 19.1. The smallest absolute Gasteiger partial charge is 0.257 e. The molecule has 0 aliphatic rings. The molecule has 1 aromatic carbocycles. The lowest BCUT2D eigenvalue weighted by atomic mass is 10.1. The highest BCUT2D eigenvalue weighted by Crippen LogP contribution is 2.18. The first kappa shape index (κ1) is 12.9. The number of nitrogen functional groups attached to an aromatic ring is 1. The monoisotopic (exact) mass is 264 g/mol. The fourth-order valence-electron chi connectivity index (χ4n) is 1.46. The van der Waals surface area contributed by atoms with Gasteiger partial charge in [0.05, 0.1) is 17.9 Å². The molecule has 1 amide bonds. The standard InChI is InChI=1S/C12H10F2N4O/c13-8-1-2-9(15)11(14)10(8)12(19)17-5-7-3-4-16-6-18-7/h1-4,6H,5,15H2,(H,17,19). The summed E-state index contributed by atoms with van der Waals surface area (Å²) in [5, 5.41) is 2.36. The fraction of sp³-hybridized carbons (Fsp3) is 0.0833. The van der Waals surface area contributed by atoms with Gasteiger partial charge in [-0.1, -0.05) is 0 Å². The third-order valence-corrected chi connectivity index (χ3v) is 2.42. The number of carbonyl (C=O) groups excluding carboxylic acids is 1. The van der Waals surface area contributed by atoms with Gasteiger partial charge in [0.2, 0.25) is 0 Å². The van der Waals surface area contributed by atoms with Crippen molar-refractivity contribution in [3.05, 3.63) is 53.6 Å². The average Bonchev–Trinajstić information content (AvgIpc) is 2.42. The lowest BCUT2D eigenvalue weighted by Crippen LogP contribution is -2.25. The maximum Gasteiger partial charge on any atom is 0.257 e. The Bertz CT molecular complexity index is 604. The van der Waals surface area contributed by atoms with Crippen molar-refractivity contribution in [2.24, 2.45) is 0 Å². The molecule has 0 atom stereocenters. The molecule has 19 heavy (non-hydrogen) atoms. The first-order chi connectivity index (χ1) is 9.09. The van der Waals surface area contributed by atoms with Crippen molar-refractivity contribution in [3.8, 4) is 0 Å². The highest BCUT2D eigenvalue weighted by molar-refractivity contribution is 5.95. The van der Waals surface area contributed by atoms with Gasteiger partial charge in [-0.2, -0.15) is 0 Å². The van der Waals surface area contributed by atoms with Gasteiger partial charge in [-0.05, 0) is 18.2 Å². The summed E-state index contributed by atoms with van der Waals surface area (Å²) in [5.41, 5.74) is 4.83. The minimum atomic E-state index is -1.07. The lowest BCUT2D eigenvalue weighted by molar-refractivity contribution is 0.0942. The van der Waals surface area contributed by atoms with E-state index < -0.39 is 23.1 Å². The number of halogens is 2. The van der Waals surface area contributed by atoms with Gasteiger partial charge in [0, 0.05) is 6.20 Å². The number of hydrogen-bond donors (Lipinski definition) is 2. The number of aromatic nitrogens is 2. The van der Waals surface area contributed by atoms with Crippen LogP contribution < -0.4 is 11.1 Å². The van der Waals surface area contributed by atoms with Crippen molar-refractivity contribution < 1.29 is 13.6 Å². The third-order valence-electron chi connectivity index (χ3n) is 2.42. The summed E-state index contributed by atoms with van der Waals surface area (Å²) in [4.78, 5) is 19.3. The Morgan fingerprint density at radius 3 is 2.79 bits per heavy atom. The van der Waals surface area contributed by atoms with Gasteiger partial charge in [0.25, 0.3) is 5.91 Å². The van der Waals surface area contributed by atoms with Crippen LogP contribution in [0.1, 0.15) is 16.1 Å². The van der Waals surface area contributed by atoms with Crippen LogP contribution in [0.3, 0.4) is 0 Å². The van der Waals surface area contributed by atoms with Gasteiger partial charge < -0.3 is 11.1 Å². The zero-order chi connectivity index (χ0) is 13.8. The number of nitrogens with zero attached hydrogens (tertiary/aromatic N) is 2. The lowest BCUT2D eigenvalue weighted by Gasteiger charge is -2.08. The first-order valence-corrected chi connectivity index (χ1v) is 5.36. The molecule has 2 rings (SSSR count). The summed E-state index contributed by atoms with van der Waals surface area (Å²) in [6, 6.07) is 3.58. The van der Waals surface area contributed by atoms with Crippen molar-refractivity contribution in [2.45, 2.75) is 6.54 Å². The Labute approximate surface area is 107 Å². The molecule has 0 aliphatic heterocycles. The number of rotatable bonds is 3. The molecule has 0 radical (unpaired) electrons. The second-order valence-electron chi connectivity index (χ2n) is 3.71. The molecule has 2 aromatic rings. The molecular weight excluding hydrogens is 254 g/mol. The highest BCUT2D eigenvalue weighted by Gasteiger charge is 2.19. The van der Waals surface area contributed by atoms with Gasteiger partial charge in [-0.3, -0.25) is 4.79 Å². The molecule has 0 fully saturated rings. The molecule has 0 saturated carbocycles. The van der Waals surface area contributed by atoms with E-state index in [1.807, 2.05) is 0 Å². The van der Waals surface area contributed by atoms with Crippen molar-refractivity contribution in [2.75, 3.05) is 5.73 Å². The molecule has 5 nitrogen and oxygen atoms in total. The Morgan fingerprint density at radius 2 is 2.11 bits per heavy atom. The molecule has 3 N–H and O–H groups in total. The SMILES string of the molecule is Nc1ccc(F)c(C(=O)NCc2ccncn2)c1F. The predicted molar refractivity (Wildman–Crippen MR) is 64.0 cm³/mol. The van der Waals surface area contributed by atoms with Crippen LogP contribution in [-0.4, -0.2) is 15.9 Å².